The van der Waals surface area contributed by atoms with Crippen LogP contribution in [0.3, 0.4) is 0 Å². The first-order chi connectivity index (χ1) is 19.3. The lowest BCUT2D eigenvalue weighted by Crippen LogP contribution is -2.55. The predicted octanol–water partition coefficient (Wildman–Crippen LogP) is 3.28. The molecule has 4 atom stereocenters. The Hall–Kier alpha value is -3.24. The van der Waals surface area contributed by atoms with Crippen LogP contribution in [0, 0.1) is 5.92 Å². The van der Waals surface area contributed by atoms with Gasteiger partial charge >= 0.3 is 0 Å². The normalized spacial score (nSPS) is 14.4. The van der Waals surface area contributed by atoms with Crippen molar-refractivity contribution in [2.75, 3.05) is 7.05 Å². The molecule has 1 aromatic carbocycles. The van der Waals surface area contributed by atoms with E-state index >= 15 is 0 Å². The molecule has 10 heteroatoms. The van der Waals surface area contributed by atoms with Gasteiger partial charge in [-0.25, -0.2) is 0 Å². The fourth-order valence-corrected chi connectivity index (χ4v) is 5.61. The number of hydrogen-bond acceptors (Lipinski definition) is 7. The van der Waals surface area contributed by atoms with E-state index in [0.29, 0.717) is 31.2 Å². The molecule has 224 valence electrons. The zero-order chi connectivity index (χ0) is 30.6. The molecule has 0 aliphatic carbocycles. The summed E-state index contributed by atoms with van der Waals surface area (Å²) >= 11 is 1.47. The molecule has 0 aliphatic rings. The summed E-state index contributed by atoms with van der Waals surface area (Å²) in [6, 6.07) is 10.4. The van der Waals surface area contributed by atoms with Gasteiger partial charge in [-0.15, -0.1) is 11.8 Å². The van der Waals surface area contributed by atoms with Gasteiger partial charge in [0.2, 0.25) is 17.7 Å². The third-order valence-corrected chi connectivity index (χ3v) is 7.75. The van der Waals surface area contributed by atoms with Crippen LogP contribution in [0.2, 0.25) is 0 Å². The van der Waals surface area contributed by atoms with Gasteiger partial charge in [0.25, 0.3) is 0 Å². The summed E-state index contributed by atoms with van der Waals surface area (Å²) < 4.78 is -0.255. The molecule has 0 fully saturated rings. The topological polar surface area (TPSA) is 143 Å². The van der Waals surface area contributed by atoms with Crippen molar-refractivity contribution in [1.29, 1.82) is 0 Å². The highest BCUT2D eigenvalue weighted by Gasteiger charge is 2.32. The van der Waals surface area contributed by atoms with Crippen LogP contribution in [0.1, 0.15) is 69.8 Å². The molecule has 0 bridgehead atoms. The van der Waals surface area contributed by atoms with Gasteiger partial charge < -0.3 is 21.7 Å². The van der Waals surface area contributed by atoms with Crippen molar-refractivity contribution >= 4 is 35.3 Å². The molecule has 0 saturated carbocycles. The number of amides is 3. The molecule has 0 saturated heterocycles. The Kier molecular flexibility index (Phi) is 13.5. The van der Waals surface area contributed by atoms with Crippen molar-refractivity contribution in [2.24, 2.45) is 11.7 Å². The molecule has 41 heavy (non-hydrogen) atoms. The number of nitrogens with two attached hydrogens (primary N) is 1. The first kappa shape index (κ1) is 34.0. The molecule has 2 rings (SSSR count). The number of thioether (sulfide) groups is 1. The molecule has 5 N–H and O–H groups in total. The van der Waals surface area contributed by atoms with Crippen LogP contribution >= 0.6 is 11.8 Å². The number of pyridine rings is 1. The molecule has 0 radical (unpaired) electrons. The van der Waals surface area contributed by atoms with E-state index in [2.05, 4.69) is 20.9 Å². The smallest absolute Gasteiger partial charge is 0.243 e. The Morgan fingerprint density at radius 1 is 0.902 bits per heavy atom. The Morgan fingerprint density at radius 2 is 1.56 bits per heavy atom. The van der Waals surface area contributed by atoms with Crippen LogP contribution in [-0.2, 0) is 20.8 Å². The Balaban J connectivity index is 2.16. The third-order valence-electron chi connectivity index (χ3n) is 6.31. The molecule has 2 unspecified atom stereocenters. The third kappa shape index (κ3) is 12.0. The standard InChI is InChI=1S/C31H45N5O4S/c1-20(2)17-24(29(39)35-25(28(38)33-6)18-21-11-8-7-9-12-21)36-30(40)26(41-31(3,4)5)15-14-23(32)27(37)22-13-10-16-34-19-22/h7-13,16,19-20,23-26H,14-15,17-18,32H2,1-6H3,(H,33,38)(H,35,39)(H,36,40)/t23?,24-,25-,26?/m0/s1. The maximum atomic E-state index is 13.6. The summed E-state index contributed by atoms with van der Waals surface area (Å²) in [5.41, 5.74) is 7.55. The zero-order valence-electron chi connectivity index (χ0n) is 25.0. The molecule has 3 amide bonds. The molecule has 1 aromatic heterocycles. The number of likely N-dealkylation sites (N-methyl/N-ethyl adjacent to an activating group) is 1. The van der Waals surface area contributed by atoms with Crippen molar-refractivity contribution in [3.8, 4) is 0 Å². The van der Waals surface area contributed by atoms with Gasteiger partial charge in [-0.2, -0.15) is 0 Å². The SMILES string of the molecule is CNC(=O)[C@H](Cc1ccccc1)NC(=O)[C@H](CC(C)C)NC(=O)C(CCC(N)C(=O)c1cccnc1)SC(C)(C)C. The van der Waals surface area contributed by atoms with Crippen LogP contribution in [0.25, 0.3) is 0 Å². The molecular weight excluding hydrogens is 538 g/mol. The quantitative estimate of drug-likeness (QED) is 0.236. The van der Waals surface area contributed by atoms with Gasteiger partial charge in [-0.3, -0.25) is 24.2 Å². The summed E-state index contributed by atoms with van der Waals surface area (Å²) in [5.74, 6) is -1.15. The maximum absolute atomic E-state index is 13.6. The molecule has 1 heterocycles. The van der Waals surface area contributed by atoms with Gasteiger partial charge in [-0.1, -0.05) is 65.0 Å². The Labute approximate surface area is 248 Å². The van der Waals surface area contributed by atoms with E-state index in [1.165, 1.54) is 25.0 Å². The fraction of sp³-hybridized carbons (Fsp3) is 0.516. The number of aromatic nitrogens is 1. The highest BCUT2D eigenvalue weighted by molar-refractivity contribution is 8.01. The number of carbonyl (C=O) groups is 4. The lowest BCUT2D eigenvalue weighted by Gasteiger charge is -2.29. The fourth-order valence-electron chi connectivity index (χ4n) is 4.33. The van der Waals surface area contributed by atoms with Crippen molar-refractivity contribution in [1.82, 2.24) is 20.9 Å². The average molecular weight is 584 g/mol. The summed E-state index contributed by atoms with van der Waals surface area (Å²) in [4.78, 5) is 56.5. The van der Waals surface area contributed by atoms with Gasteiger partial charge in [0.05, 0.1) is 11.3 Å². The van der Waals surface area contributed by atoms with E-state index in [1.807, 2.05) is 65.0 Å². The van der Waals surface area contributed by atoms with E-state index in [4.69, 9.17) is 5.73 Å². The van der Waals surface area contributed by atoms with Crippen LogP contribution in [-0.4, -0.2) is 63.7 Å². The second kappa shape index (κ2) is 16.3. The molecule has 9 nitrogen and oxygen atoms in total. The zero-order valence-corrected chi connectivity index (χ0v) is 25.8. The first-order valence-electron chi connectivity index (χ1n) is 14.0. The van der Waals surface area contributed by atoms with E-state index in [0.717, 1.165) is 5.56 Å². The lowest BCUT2D eigenvalue weighted by molar-refractivity contribution is -0.132. The van der Waals surface area contributed by atoms with Crippen LogP contribution in [0.4, 0.5) is 0 Å². The minimum absolute atomic E-state index is 0.109. The highest BCUT2D eigenvalue weighted by Crippen LogP contribution is 2.31. The average Bonchev–Trinajstić information content (AvgIpc) is 2.93. The van der Waals surface area contributed by atoms with Gasteiger partial charge in [-0.05, 0) is 42.9 Å². The number of Topliss-reactive ketones (excluding diaryl/α,β-unsaturated/α-hetero) is 1. The number of rotatable bonds is 15. The van der Waals surface area contributed by atoms with Crippen molar-refractivity contribution in [2.45, 2.75) is 88.4 Å². The highest BCUT2D eigenvalue weighted by atomic mass is 32.2. The number of ketones is 1. The Morgan fingerprint density at radius 3 is 2.12 bits per heavy atom. The van der Waals surface area contributed by atoms with E-state index < -0.39 is 29.3 Å². The maximum Gasteiger partial charge on any atom is 0.243 e. The summed E-state index contributed by atoms with van der Waals surface area (Å²) in [6.45, 7) is 9.96. The minimum Gasteiger partial charge on any atom is -0.357 e. The Bertz CT molecular complexity index is 1140. The number of hydrogen-bond donors (Lipinski definition) is 4. The number of benzene rings is 1. The molecule has 0 spiro atoms. The summed E-state index contributed by atoms with van der Waals surface area (Å²) in [5, 5.41) is 7.87. The second-order valence-electron chi connectivity index (χ2n) is 11.6. The molecule has 2 aromatic rings. The van der Waals surface area contributed by atoms with E-state index in [1.54, 1.807) is 18.3 Å². The second-order valence-corrected chi connectivity index (χ2v) is 13.6. The van der Waals surface area contributed by atoms with E-state index in [9.17, 15) is 19.2 Å². The molecule has 0 aliphatic heterocycles. The summed E-state index contributed by atoms with van der Waals surface area (Å²) in [7, 11) is 1.53. The van der Waals surface area contributed by atoms with E-state index in [-0.39, 0.29) is 28.3 Å². The van der Waals surface area contributed by atoms with Gasteiger partial charge in [0, 0.05) is 36.2 Å². The molecular formula is C31H45N5O4S. The van der Waals surface area contributed by atoms with Crippen LogP contribution in [0.5, 0.6) is 0 Å². The number of nitrogens with zero attached hydrogens (tertiary/aromatic N) is 1. The van der Waals surface area contributed by atoms with Crippen molar-refractivity contribution < 1.29 is 19.2 Å². The van der Waals surface area contributed by atoms with Crippen molar-refractivity contribution in [3.63, 3.8) is 0 Å². The van der Waals surface area contributed by atoms with Gasteiger partial charge in [0.1, 0.15) is 12.1 Å². The first-order valence-corrected chi connectivity index (χ1v) is 14.9. The van der Waals surface area contributed by atoms with Crippen LogP contribution < -0.4 is 21.7 Å². The number of carbonyl (C=O) groups excluding carboxylic acids is 4. The largest absolute Gasteiger partial charge is 0.357 e. The monoisotopic (exact) mass is 583 g/mol. The number of nitrogens with one attached hydrogen (secondary N) is 3. The summed E-state index contributed by atoms with van der Waals surface area (Å²) in [6.07, 6.45) is 4.44. The predicted molar refractivity (Wildman–Crippen MR) is 164 cm³/mol. The van der Waals surface area contributed by atoms with Crippen molar-refractivity contribution in [3.05, 3.63) is 66.0 Å². The van der Waals surface area contributed by atoms with Gasteiger partial charge in [0.15, 0.2) is 5.78 Å². The van der Waals surface area contributed by atoms with Crippen LogP contribution in [0.15, 0.2) is 54.9 Å². The lowest BCUT2D eigenvalue weighted by atomic mass is 9.99. The minimum atomic E-state index is -0.834.